The second kappa shape index (κ2) is 6.27. The number of halogens is 1. The van der Waals surface area contributed by atoms with E-state index in [1.165, 1.54) is 11.3 Å². The van der Waals surface area contributed by atoms with Gasteiger partial charge in [-0.25, -0.2) is 0 Å². The average molecular weight is 277 g/mol. The van der Waals surface area contributed by atoms with Crippen LogP contribution in [-0.4, -0.2) is 11.1 Å². The summed E-state index contributed by atoms with van der Waals surface area (Å²) in [4.78, 5) is 0. The van der Waals surface area contributed by atoms with Gasteiger partial charge >= 0.3 is 0 Å². The van der Waals surface area contributed by atoms with E-state index < -0.39 is 0 Å². The highest BCUT2D eigenvalue weighted by Crippen LogP contribution is 2.21. The molecule has 19 heavy (non-hydrogen) atoms. The molecule has 1 heterocycles. The lowest BCUT2D eigenvalue weighted by atomic mass is 10.1. The molecule has 0 aliphatic rings. The molecule has 3 heteroatoms. The van der Waals surface area contributed by atoms with E-state index in [0.717, 1.165) is 23.7 Å². The maximum atomic E-state index is 6.31. The molecule has 1 atom stereocenters. The van der Waals surface area contributed by atoms with Crippen LogP contribution in [0.25, 0.3) is 0 Å². The summed E-state index contributed by atoms with van der Waals surface area (Å²) in [6.45, 7) is 8.16. The summed E-state index contributed by atoms with van der Waals surface area (Å²) in [6.07, 6.45) is 2.11. The highest BCUT2D eigenvalue weighted by Gasteiger charge is 2.10. The second-order valence-electron chi connectivity index (χ2n) is 4.94. The van der Waals surface area contributed by atoms with E-state index in [1.54, 1.807) is 0 Å². The lowest BCUT2D eigenvalue weighted by Gasteiger charge is -2.17. The minimum atomic E-state index is 0.351. The number of aryl methyl sites for hydroxylation is 1. The standard InChI is InChI=1S/C16H21ClN2/c1-4-18-13(3)16-6-5-9-19(16)11-14-8-7-12(2)10-15(14)17/h5-10,13,18H,4,11H2,1-3H3. The van der Waals surface area contributed by atoms with Crippen LogP contribution in [0.5, 0.6) is 0 Å². The zero-order chi connectivity index (χ0) is 13.8. The van der Waals surface area contributed by atoms with Crippen molar-refractivity contribution in [3.8, 4) is 0 Å². The van der Waals surface area contributed by atoms with Gasteiger partial charge < -0.3 is 9.88 Å². The van der Waals surface area contributed by atoms with Gasteiger partial charge in [0, 0.05) is 29.5 Å². The first-order valence-electron chi connectivity index (χ1n) is 6.75. The Hall–Kier alpha value is -1.25. The SMILES string of the molecule is CCNC(C)c1cccn1Cc1ccc(C)cc1Cl. The molecule has 1 unspecified atom stereocenters. The summed E-state index contributed by atoms with van der Waals surface area (Å²) in [5.41, 5.74) is 3.65. The van der Waals surface area contributed by atoms with E-state index in [9.17, 15) is 0 Å². The van der Waals surface area contributed by atoms with Crippen LogP contribution in [0.3, 0.4) is 0 Å². The van der Waals surface area contributed by atoms with Crippen molar-refractivity contribution in [2.45, 2.75) is 33.4 Å². The summed E-state index contributed by atoms with van der Waals surface area (Å²) >= 11 is 6.31. The number of hydrogen-bond donors (Lipinski definition) is 1. The van der Waals surface area contributed by atoms with Gasteiger partial charge in [-0.3, -0.25) is 0 Å². The van der Waals surface area contributed by atoms with Gasteiger partial charge in [0.2, 0.25) is 0 Å². The molecule has 2 aromatic rings. The first kappa shape index (κ1) is 14.2. The summed E-state index contributed by atoms with van der Waals surface area (Å²) in [7, 11) is 0. The minimum absolute atomic E-state index is 0.351. The molecule has 0 radical (unpaired) electrons. The van der Waals surface area contributed by atoms with Crippen LogP contribution >= 0.6 is 11.6 Å². The first-order valence-corrected chi connectivity index (χ1v) is 7.13. The quantitative estimate of drug-likeness (QED) is 0.867. The van der Waals surface area contributed by atoms with E-state index in [4.69, 9.17) is 11.6 Å². The summed E-state index contributed by atoms with van der Waals surface area (Å²) < 4.78 is 2.25. The van der Waals surface area contributed by atoms with Gasteiger partial charge in [-0.1, -0.05) is 30.7 Å². The predicted octanol–water partition coefficient (Wildman–Crippen LogP) is 4.17. The molecule has 0 spiro atoms. The number of nitrogens with one attached hydrogen (secondary N) is 1. The zero-order valence-corrected chi connectivity index (χ0v) is 12.5. The Kier molecular flexibility index (Phi) is 4.67. The Morgan fingerprint density at radius 3 is 2.79 bits per heavy atom. The Morgan fingerprint density at radius 2 is 2.11 bits per heavy atom. The highest BCUT2D eigenvalue weighted by molar-refractivity contribution is 6.31. The average Bonchev–Trinajstić information content (AvgIpc) is 2.81. The van der Waals surface area contributed by atoms with Gasteiger partial charge in [-0.2, -0.15) is 0 Å². The molecule has 0 aliphatic heterocycles. The Balaban J connectivity index is 2.21. The van der Waals surface area contributed by atoms with Crippen molar-refractivity contribution in [3.05, 3.63) is 58.4 Å². The third kappa shape index (κ3) is 3.40. The van der Waals surface area contributed by atoms with Gasteiger partial charge in [-0.05, 0) is 49.7 Å². The van der Waals surface area contributed by atoms with E-state index in [0.29, 0.717) is 6.04 Å². The fraction of sp³-hybridized carbons (Fsp3) is 0.375. The van der Waals surface area contributed by atoms with Crippen molar-refractivity contribution in [3.63, 3.8) is 0 Å². The van der Waals surface area contributed by atoms with Crippen LogP contribution in [0.1, 0.15) is 36.7 Å². The number of benzene rings is 1. The smallest absolute Gasteiger partial charge is 0.0488 e. The first-order chi connectivity index (χ1) is 9.11. The van der Waals surface area contributed by atoms with Crippen molar-refractivity contribution in [1.29, 1.82) is 0 Å². The van der Waals surface area contributed by atoms with Crippen LogP contribution in [0, 0.1) is 6.92 Å². The Bertz CT molecular complexity index is 545. The Morgan fingerprint density at radius 1 is 1.32 bits per heavy atom. The van der Waals surface area contributed by atoms with Crippen molar-refractivity contribution in [2.75, 3.05) is 6.54 Å². The van der Waals surface area contributed by atoms with Crippen molar-refractivity contribution in [1.82, 2.24) is 9.88 Å². The maximum Gasteiger partial charge on any atom is 0.0488 e. The second-order valence-corrected chi connectivity index (χ2v) is 5.34. The topological polar surface area (TPSA) is 17.0 Å². The molecular weight excluding hydrogens is 256 g/mol. The maximum absolute atomic E-state index is 6.31. The number of nitrogens with zero attached hydrogens (tertiary/aromatic N) is 1. The van der Waals surface area contributed by atoms with Gasteiger partial charge in [0.25, 0.3) is 0 Å². The van der Waals surface area contributed by atoms with Gasteiger partial charge in [0.1, 0.15) is 0 Å². The minimum Gasteiger partial charge on any atom is -0.346 e. The molecule has 0 bridgehead atoms. The normalized spacial score (nSPS) is 12.6. The van der Waals surface area contributed by atoms with Crippen LogP contribution in [0.15, 0.2) is 36.5 Å². The van der Waals surface area contributed by atoms with Gasteiger partial charge in [-0.15, -0.1) is 0 Å². The molecule has 0 fully saturated rings. The molecule has 1 N–H and O–H groups in total. The largest absolute Gasteiger partial charge is 0.346 e. The molecule has 0 saturated carbocycles. The lowest BCUT2D eigenvalue weighted by Crippen LogP contribution is -2.20. The van der Waals surface area contributed by atoms with Crippen molar-refractivity contribution in [2.24, 2.45) is 0 Å². The van der Waals surface area contributed by atoms with E-state index >= 15 is 0 Å². The molecule has 102 valence electrons. The van der Waals surface area contributed by atoms with E-state index in [-0.39, 0.29) is 0 Å². The lowest BCUT2D eigenvalue weighted by molar-refractivity contribution is 0.553. The fourth-order valence-corrected chi connectivity index (χ4v) is 2.63. The molecular formula is C16H21ClN2. The fourth-order valence-electron chi connectivity index (χ4n) is 2.34. The Labute approximate surface area is 120 Å². The molecule has 2 rings (SSSR count). The predicted molar refractivity (Wildman–Crippen MR) is 81.8 cm³/mol. The number of rotatable bonds is 5. The van der Waals surface area contributed by atoms with E-state index in [1.807, 2.05) is 6.07 Å². The summed E-state index contributed by atoms with van der Waals surface area (Å²) in [5, 5.41) is 4.29. The van der Waals surface area contributed by atoms with Crippen molar-refractivity contribution >= 4 is 11.6 Å². The highest BCUT2D eigenvalue weighted by atomic mass is 35.5. The van der Waals surface area contributed by atoms with Gasteiger partial charge in [0.05, 0.1) is 0 Å². The van der Waals surface area contributed by atoms with Crippen LogP contribution in [-0.2, 0) is 6.54 Å². The molecule has 0 amide bonds. The molecule has 1 aromatic heterocycles. The number of aromatic nitrogens is 1. The van der Waals surface area contributed by atoms with Crippen LogP contribution in [0.2, 0.25) is 5.02 Å². The monoisotopic (exact) mass is 276 g/mol. The molecule has 0 aliphatic carbocycles. The van der Waals surface area contributed by atoms with E-state index in [2.05, 4.69) is 61.1 Å². The third-order valence-electron chi connectivity index (χ3n) is 3.37. The molecule has 2 nitrogen and oxygen atoms in total. The number of hydrogen-bond acceptors (Lipinski definition) is 1. The molecule has 1 aromatic carbocycles. The third-order valence-corrected chi connectivity index (χ3v) is 3.72. The van der Waals surface area contributed by atoms with Gasteiger partial charge in [0.15, 0.2) is 0 Å². The summed E-state index contributed by atoms with van der Waals surface area (Å²) in [5.74, 6) is 0. The summed E-state index contributed by atoms with van der Waals surface area (Å²) in [6, 6.07) is 10.8. The molecule has 0 saturated heterocycles. The zero-order valence-electron chi connectivity index (χ0n) is 11.8. The van der Waals surface area contributed by atoms with Crippen LogP contribution in [0.4, 0.5) is 0 Å². The van der Waals surface area contributed by atoms with Crippen LogP contribution < -0.4 is 5.32 Å². The van der Waals surface area contributed by atoms with Crippen molar-refractivity contribution < 1.29 is 0 Å².